The number of hydrogen-bond acceptors (Lipinski definition) is 6. The van der Waals surface area contributed by atoms with E-state index in [1.807, 2.05) is 12.2 Å². The number of hydrogen-bond donors (Lipinski definition) is 3. The summed E-state index contributed by atoms with van der Waals surface area (Å²) in [4.78, 5) is 37.3. The normalized spacial score (nSPS) is 23.9. The lowest BCUT2D eigenvalue weighted by Gasteiger charge is -2.28. The summed E-state index contributed by atoms with van der Waals surface area (Å²) in [7, 11) is 0. The van der Waals surface area contributed by atoms with Gasteiger partial charge < -0.3 is 25.2 Å². The van der Waals surface area contributed by atoms with Gasteiger partial charge >= 0.3 is 5.97 Å². The minimum atomic E-state index is -0.474. The van der Waals surface area contributed by atoms with Crippen molar-refractivity contribution in [3.63, 3.8) is 0 Å². The number of cyclic esters (lactones) is 1. The van der Waals surface area contributed by atoms with Gasteiger partial charge in [0.25, 0.3) is 0 Å². The van der Waals surface area contributed by atoms with Crippen LogP contribution in [0.15, 0.2) is 12.2 Å². The van der Waals surface area contributed by atoms with Gasteiger partial charge in [0, 0.05) is 19.4 Å². The first-order chi connectivity index (χ1) is 15.1. The van der Waals surface area contributed by atoms with E-state index in [1.54, 1.807) is 0 Å². The highest BCUT2D eigenvalue weighted by molar-refractivity contribution is 5.86. The molecule has 3 N–H and O–H groups in total. The SMILES string of the molecule is O=C(C[C@H]1CC=CCCC(=O)OC[C@H](CC2CCCCC2)NC1=O)NCCOCCO. The molecule has 1 heterocycles. The van der Waals surface area contributed by atoms with Crippen molar-refractivity contribution in [2.24, 2.45) is 11.8 Å². The lowest BCUT2D eigenvalue weighted by molar-refractivity contribution is -0.145. The van der Waals surface area contributed by atoms with E-state index in [0.29, 0.717) is 38.3 Å². The van der Waals surface area contributed by atoms with Crippen LogP contribution >= 0.6 is 0 Å². The molecule has 0 aromatic carbocycles. The molecule has 2 amide bonds. The van der Waals surface area contributed by atoms with Crippen LogP contribution in [0.25, 0.3) is 0 Å². The van der Waals surface area contributed by atoms with Crippen LogP contribution in [-0.4, -0.2) is 61.9 Å². The van der Waals surface area contributed by atoms with E-state index in [9.17, 15) is 14.4 Å². The third-order valence-electron chi connectivity index (χ3n) is 5.84. The maximum absolute atomic E-state index is 13.0. The number of carbonyl (C=O) groups is 3. The van der Waals surface area contributed by atoms with Gasteiger partial charge in [-0.3, -0.25) is 14.4 Å². The molecule has 8 nitrogen and oxygen atoms in total. The fourth-order valence-corrected chi connectivity index (χ4v) is 4.17. The van der Waals surface area contributed by atoms with Crippen LogP contribution in [0.2, 0.25) is 0 Å². The second-order valence-electron chi connectivity index (χ2n) is 8.46. The van der Waals surface area contributed by atoms with Gasteiger partial charge in [0.2, 0.25) is 11.8 Å². The van der Waals surface area contributed by atoms with E-state index in [0.717, 1.165) is 19.3 Å². The molecule has 0 bridgehead atoms. The van der Waals surface area contributed by atoms with E-state index in [-0.39, 0.29) is 50.1 Å². The number of aliphatic hydroxyl groups is 1. The molecule has 1 aliphatic heterocycles. The second kappa shape index (κ2) is 15.0. The lowest BCUT2D eigenvalue weighted by Crippen LogP contribution is -2.44. The van der Waals surface area contributed by atoms with E-state index >= 15 is 0 Å². The van der Waals surface area contributed by atoms with Gasteiger partial charge in [0.15, 0.2) is 0 Å². The number of amides is 2. The molecule has 8 heteroatoms. The molecule has 0 spiro atoms. The van der Waals surface area contributed by atoms with Gasteiger partial charge in [-0.05, 0) is 25.2 Å². The zero-order valence-corrected chi connectivity index (χ0v) is 18.5. The van der Waals surface area contributed by atoms with Crippen LogP contribution in [0.3, 0.4) is 0 Å². The van der Waals surface area contributed by atoms with Gasteiger partial charge in [0.05, 0.1) is 31.8 Å². The van der Waals surface area contributed by atoms with E-state index in [1.165, 1.54) is 19.3 Å². The first-order valence-corrected chi connectivity index (χ1v) is 11.6. The number of allylic oxidation sites excluding steroid dienone is 2. The number of aliphatic hydroxyl groups excluding tert-OH is 1. The standard InChI is InChI=1S/C23H38N2O6/c26-12-14-30-13-11-24-21(27)16-19-9-5-2-6-10-22(28)31-17-20(25-23(19)29)15-18-7-3-1-4-8-18/h2,5,18-20,26H,1,3-4,6-17H2,(H,24,27)(H,25,29)/t19-,20+/m1/s1. The second-order valence-corrected chi connectivity index (χ2v) is 8.46. The Balaban J connectivity index is 1.94. The summed E-state index contributed by atoms with van der Waals surface area (Å²) in [5, 5.41) is 14.5. The van der Waals surface area contributed by atoms with Crippen molar-refractivity contribution < 1.29 is 29.0 Å². The number of esters is 1. The van der Waals surface area contributed by atoms with Crippen molar-refractivity contribution in [2.45, 2.75) is 70.3 Å². The Labute approximate surface area is 185 Å². The van der Waals surface area contributed by atoms with Crippen LogP contribution in [-0.2, 0) is 23.9 Å². The van der Waals surface area contributed by atoms with Crippen LogP contribution in [0, 0.1) is 11.8 Å². The molecule has 1 fully saturated rings. The minimum absolute atomic E-state index is 0.0557. The topological polar surface area (TPSA) is 114 Å². The predicted molar refractivity (Wildman–Crippen MR) is 116 cm³/mol. The Hall–Kier alpha value is -1.93. The van der Waals surface area contributed by atoms with Crippen molar-refractivity contribution in [3.05, 3.63) is 12.2 Å². The Bertz CT molecular complexity index is 589. The molecule has 2 atom stereocenters. The molecule has 0 radical (unpaired) electrons. The Kier molecular flexibility index (Phi) is 12.2. The average molecular weight is 439 g/mol. The monoisotopic (exact) mass is 438 g/mol. The number of rotatable bonds is 9. The fraction of sp³-hybridized carbons (Fsp3) is 0.783. The minimum Gasteiger partial charge on any atom is -0.463 e. The van der Waals surface area contributed by atoms with Gasteiger partial charge in [-0.15, -0.1) is 0 Å². The molecule has 0 aromatic heterocycles. The maximum atomic E-state index is 13.0. The molecule has 0 saturated heterocycles. The van der Waals surface area contributed by atoms with Crippen molar-refractivity contribution in [1.82, 2.24) is 10.6 Å². The van der Waals surface area contributed by atoms with Crippen LogP contribution in [0.1, 0.15) is 64.2 Å². The molecular weight excluding hydrogens is 400 g/mol. The highest BCUT2D eigenvalue weighted by Gasteiger charge is 2.26. The quantitative estimate of drug-likeness (QED) is 0.288. The van der Waals surface area contributed by atoms with Gasteiger partial charge in [0.1, 0.15) is 6.61 Å². The molecule has 1 aliphatic carbocycles. The number of ether oxygens (including phenoxy) is 2. The summed E-state index contributed by atoms with van der Waals surface area (Å²) in [6.45, 7) is 1.02. The van der Waals surface area contributed by atoms with Crippen molar-refractivity contribution in [1.29, 1.82) is 0 Å². The lowest BCUT2D eigenvalue weighted by atomic mass is 9.84. The maximum Gasteiger partial charge on any atom is 0.306 e. The molecular formula is C23H38N2O6. The van der Waals surface area contributed by atoms with Gasteiger partial charge in [-0.25, -0.2) is 0 Å². The van der Waals surface area contributed by atoms with Crippen molar-refractivity contribution in [3.8, 4) is 0 Å². The molecule has 2 rings (SSSR count). The van der Waals surface area contributed by atoms with Gasteiger partial charge in [-0.2, -0.15) is 0 Å². The fourth-order valence-electron chi connectivity index (χ4n) is 4.17. The summed E-state index contributed by atoms with van der Waals surface area (Å²) in [6.07, 6.45) is 11.9. The molecule has 2 aliphatic rings. The first kappa shape index (κ1) is 25.3. The molecule has 1 saturated carbocycles. The first-order valence-electron chi connectivity index (χ1n) is 11.6. The molecule has 31 heavy (non-hydrogen) atoms. The van der Waals surface area contributed by atoms with Crippen molar-refractivity contribution in [2.75, 3.05) is 33.0 Å². The van der Waals surface area contributed by atoms with Gasteiger partial charge in [-0.1, -0.05) is 44.3 Å². The average Bonchev–Trinajstić information content (AvgIpc) is 2.76. The van der Waals surface area contributed by atoms with Crippen LogP contribution in [0.5, 0.6) is 0 Å². The smallest absolute Gasteiger partial charge is 0.306 e. The van der Waals surface area contributed by atoms with E-state index in [4.69, 9.17) is 14.6 Å². The predicted octanol–water partition coefficient (Wildman–Crippen LogP) is 1.86. The zero-order chi connectivity index (χ0) is 22.3. The number of nitrogens with one attached hydrogen (secondary N) is 2. The van der Waals surface area contributed by atoms with E-state index in [2.05, 4.69) is 10.6 Å². The molecule has 0 unspecified atom stereocenters. The highest BCUT2D eigenvalue weighted by atomic mass is 16.5. The summed E-state index contributed by atoms with van der Waals surface area (Å²) in [5.74, 6) is -0.561. The third kappa shape index (κ3) is 10.8. The Morgan fingerprint density at radius 1 is 1.19 bits per heavy atom. The zero-order valence-electron chi connectivity index (χ0n) is 18.5. The molecule has 0 aromatic rings. The highest BCUT2D eigenvalue weighted by Crippen LogP contribution is 2.27. The van der Waals surface area contributed by atoms with Crippen LogP contribution in [0.4, 0.5) is 0 Å². The van der Waals surface area contributed by atoms with Crippen molar-refractivity contribution >= 4 is 17.8 Å². The third-order valence-corrected chi connectivity index (χ3v) is 5.84. The summed E-state index contributed by atoms with van der Waals surface area (Å²) < 4.78 is 10.6. The number of carbonyl (C=O) groups excluding carboxylic acids is 3. The Morgan fingerprint density at radius 3 is 2.77 bits per heavy atom. The summed E-state index contributed by atoms with van der Waals surface area (Å²) in [6, 6.07) is -0.222. The Morgan fingerprint density at radius 2 is 2.00 bits per heavy atom. The largest absolute Gasteiger partial charge is 0.463 e. The summed E-state index contributed by atoms with van der Waals surface area (Å²) in [5.41, 5.74) is 0. The molecule has 176 valence electrons. The summed E-state index contributed by atoms with van der Waals surface area (Å²) >= 11 is 0. The van der Waals surface area contributed by atoms with Crippen LogP contribution < -0.4 is 10.6 Å². The van der Waals surface area contributed by atoms with E-state index < -0.39 is 5.92 Å².